The predicted octanol–water partition coefficient (Wildman–Crippen LogP) is 2.15. The molecule has 2 aliphatic heterocycles. The van der Waals surface area contributed by atoms with Crippen LogP contribution in [-0.2, 0) is 14.3 Å². The highest BCUT2D eigenvalue weighted by atomic mass is 16.5. The summed E-state index contributed by atoms with van der Waals surface area (Å²) < 4.78 is 10.9. The van der Waals surface area contributed by atoms with Crippen LogP contribution in [0.3, 0.4) is 0 Å². The highest BCUT2D eigenvalue weighted by Crippen LogP contribution is 2.36. The number of carbonyl (C=O) groups excluding carboxylic acids is 3. The molecule has 3 amide bonds. The Kier molecular flexibility index (Phi) is 7.11. The van der Waals surface area contributed by atoms with Gasteiger partial charge in [0.1, 0.15) is 5.75 Å². The lowest BCUT2D eigenvalue weighted by atomic mass is 9.93. The summed E-state index contributed by atoms with van der Waals surface area (Å²) in [7, 11) is 3.23. The van der Waals surface area contributed by atoms with Crippen LogP contribution in [-0.4, -0.2) is 85.6 Å². The normalized spacial score (nSPS) is 23.6. The number of esters is 1. The molecule has 34 heavy (non-hydrogen) atoms. The SMILES string of the molecule is CCOC(=O)C1=C(CN2CCN(C(=O)C3CC3)[C@H](C)C2)N(C)C(=O)N[C@@H]1c1ccccc1OC. The molecule has 2 fully saturated rings. The van der Waals surface area contributed by atoms with Gasteiger partial charge in [-0.2, -0.15) is 0 Å². The molecule has 1 N–H and O–H groups in total. The molecule has 9 nitrogen and oxygen atoms in total. The molecule has 2 atom stereocenters. The summed E-state index contributed by atoms with van der Waals surface area (Å²) >= 11 is 0. The van der Waals surface area contributed by atoms with Gasteiger partial charge in [0.2, 0.25) is 5.91 Å². The number of benzene rings is 1. The van der Waals surface area contributed by atoms with E-state index in [1.807, 2.05) is 23.1 Å². The number of nitrogens with one attached hydrogen (secondary N) is 1. The third-order valence-electron chi connectivity index (χ3n) is 6.82. The number of ether oxygens (including phenoxy) is 2. The van der Waals surface area contributed by atoms with Gasteiger partial charge in [-0.05, 0) is 32.8 Å². The average molecular weight is 471 g/mol. The molecule has 184 valence electrons. The summed E-state index contributed by atoms with van der Waals surface area (Å²) in [5.41, 5.74) is 1.70. The van der Waals surface area contributed by atoms with Gasteiger partial charge in [-0.3, -0.25) is 14.6 Å². The minimum Gasteiger partial charge on any atom is -0.496 e. The third kappa shape index (κ3) is 4.75. The van der Waals surface area contributed by atoms with E-state index in [1.54, 1.807) is 27.1 Å². The fraction of sp³-hybridized carbons (Fsp3) is 0.560. The molecule has 3 aliphatic rings. The summed E-state index contributed by atoms with van der Waals surface area (Å²) in [6.45, 7) is 6.44. The molecule has 0 radical (unpaired) electrons. The number of rotatable bonds is 7. The van der Waals surface area contributed by atoms with E-state index in [0.717, 1.165) is 12.8 Å². The number of methoxy groups -OCH3 is 1. The van der Waals surface area contributed by atoms with Crippen molar-refractivity contribution in [2.24, 2.45) is 5.92 Å². The van der Waals surface area contributed by atoms with Crippen molar-refractivity contribution in [3.05, 3.63) is 41.1 Å². The van der Waals surface area contributed by atoms with E-state index in [0.29, 0.717) is 48.8 Å². The predicted molar refractivity (Wildman–Crippen MR) is 126 cm³/mol. The Morgan fingerprint density at radius 2 is 1.91 bits per heavy atom. The Bertz CT molecular complexity index is 989. The van der Waals surface area contributed by atoms with Crippen LogP contribution in [0.2, 0.25) is 0 Å². The largest absolute Gasteiger partial charge is 0.496 e. The molecule has 1 aromatic rings. The molecule has 1 saturated carbocycles. The zero-order valence-electron chi connectivity index (χ0n) is 20.4. The molecule has 9 heteroatoms. The van der Waals surface area contributed by atoms with Crippen LogP contribution in [0.15, 0.2) is 35.5 Å². The van der Waals surface area contributed by atoms with Crippen molar-refractivity contribution in [1.29, 1.82) is 0 Å². The maximum atomic E-state index is 13.2. The van der Waals surface area contributed by atoms with E-state index in [-0.39, 0.29) is 30.5 Å². The molecule has 1 aliphatic carbocycles. The average Bonchev–Trinajstić information content (AvgIpc) is 3.67. The van der Waals surface area contributed by atoms with Gasteiger partial charge in [0.25, 0.3) is 0 Å². The van der Waals surface area contributed by atoms with Crippen LogP contribution in [0.5, 0.6) is 5.75 Å². The molecular formula is C25H34N4O5. The number of urea groups is 1. The van der Waals surface area contributed by atoms with Gasteiger partial charge in [0.15, 0.2) is 0 Å². The highest BCUT2D eigenvalue weighted by Gasteiger charge is 2.40. The summed E-state index contributed by atoms with van der Waals surface area (Å²) in [6, 6.07) is 6.43. The van der Waals surface area contributed by atoms with Gasteiger partial charge in [-0.1, -0.05) is 18.2 Å². The topological polar surface area (TPSA) is 91.4 Å². The molecule has 0 unspecified atom stereocenters. The fourth-order valence-corrected chi connectivity index (χ4v) is 4.82. The van der Waals surface area contributed by atoms with Crippen LogP contribution in [0.25, 0.3) is 0 Å². The summed E-state index contributed by atoms with van der Waals surface area (Å²) in [4.78, 5) is 44.4. The van der Waals surface area contributed by atoms with Crippen LogP contribution in [0.1, 0.15) is 38.3 Å². The van der Waals surface area contributed by atoms with Gasteiger partial charge in [-0.25, -0.2) is 9.59 Å². The molecule has 1 saturated heterocycles. The molecule has 0 bridgehead atoms. The van der Waals surface area contributed by atoms with Crippen LogP contribution >= 0.6 is 0 Å². The van der Waals surface area contributed by atoms with Crippen LogP contribution < -0.4 is 10.1 Å². The number of likely N-dealkylation sites (N-methyl/N-ethyl adjacent to an activating group) is 1. The first-order valence-corrected chi connectivity index (χ1v) is 12.0. The summed E-state index contributed by atoms with van der Waals surface area (Å²) in [5.74, 6) is 0.570. The van der Waals surface area contributed by atoms with E-state index in [9.17, 15) is 14.4 Å². The zero-order valence-corrected chi connectivity index (χ0v) is 20.4. The molecule has 0 aromatic heterocycles. The number of para-hydroxylation sites is 1. The van der Waals surface area contributed by atoms with Crippen molar-refractivity contribution >= 4 is 17.9 Å². The first-order chi connectivity index (χ1) is 16.3. The third-order valence-corrected chi connectivity index (χ3v) is 6.82. The van der Waals surface area contributed by atoms with Crippen molar-refractivity contribution in [2.45, 2.75) is 38.8 Å². The summed E-state index contributed by atoms with van der Waals surface area (Å²) in [6.07, 6.45) is 1.98. The molecule has 2 heterocycles. The maximum Gasteiger partial charge on any atom is 0.338 e. The van der Waals surface area contributed by atoms with Gasteiger partial charge in [0, 0.05) is 56.4 Å². The fourth-order valence-electron chi connectivity index (χ4n) is 4.82. The van der Waals surface area contributed by atoms with E-state index < -0.39 is 12.0 Å². The van der Waals surface area contributed by atoms with E-state index in [4.69, 9.17) is 9.47 Å². The second kappa shape index (κ2) is 10.0. The van der Waals surface area contributed by atoms with E-state index in [1.165, 1.54) is 4.90 Å². The Morgan fingerprint density at radius 1 is 1.18 bits per heavy atom. The summed E-state index contributed by atoms with van der Waals surface area (Å²) in [5, 5.41) is 2.94. The smallest absolute Gasteiger partial charge is 0.338 e. The van der Waals surface area contributed by atoms with Crippen LogP contribution in [0, 0.1) is 5.92 Å². The minimum atomic E-state index is -0.691. The van der Waals surface area contributed by atoms with Crippen molar-refractivity contribution in [1.82, 2.24) is 20.0 Å². The lowest BCUT2D eigenvalue weighted by molar-refractivity contribution is -0.139. The lowest BCUT2D eigenvalue weighted by Crippen LogP contribution is -2.56. The zero-order chi connectivity index (χ0) is 24.4. The standard InChI is InChI=1S/C25H34N4O5/c1-5-34-24(31)21-19(15-28-12-13-29(16(2)14-28)23(30)17-10-11-17)27(3)25(32)26-22(21)18-8-6-7-9-20(18)33-4/h6-9,16-17,22H,5,10-15H2,1-4H3,(H,26,32)/t16-,22-/m1/s1. The van der Waals surface area contributed by atoms with Crippen molar-refractivity contribution in [2.75, 3.05) is 46.9 Å². The number of carbonyl (C=O) groups is 3. The van der Waals surface area contributed by atoms with Crippen molar-refractivity contribution in [3.8, 4) is 5.75 Å². The first-order valence-electron chi connectivity index (χ1n) is 12.0. The van der Waals surface area contributed by atoms with Gasteiger partial charge in [0.05, 0.1) is 25.3 Å². The Hall–Kier alpha value is -3.07. The van der Waals surface area contributed by atoms with E-state index >= 15 is 0 Å². The van der Waals surface area contributed by atoms with Crippen molar-refractivity contribution in [3.63, 3.8) is 0 Å². The van der Waals surface area contributed by atoms with Crippen molar-refractivity contribution < 1.29 is 23.9 Å². The number of hydrogen-bond donors (Lipinski definition) is 1. The Labute approximate surface area is 200 Å². The second-order valence-corrected chi connectivity index (χ2v) is 9.15. The molecular weight excluding hydrogens is 436 g/mol. The number of amides is 3. The number of piperazine rings is 1. The minimum absolute atomic E-state index is 0.0706. The molecule has 4 rings (SSSR count). The maximum absolute atomic E-state index is 13.2. The Balaban J connectivity index is 1.65. The van der Waals surface area contributed by atoms with Gasteiger partial charge < -0.3 is 19.7 Å². The number of hydrogen-bond acceptors (Lipinski definition) is 6. The van der Waals surface area contributed by atoms with Gasteiger partial charge >= 0.3 is 12.0 Å². The van der Waals surface area contributed by atoms with E-state index in [2.05, 4.69) is 17.1 Å². The van der Waals surface area contributed by atoms with Crippen LogP contribution in [0.4, 0.5) is 4.79 Å². The quantitative estimate of drug-likeness (QED) is 0.614. The highest BCUT2D eigenvalue weighted by molar-refractivity contribution is 5.95. The number of nitrogens with zero attached hydrogens (tertiary/aromatic N) is 3. The first kappa shape index (κ1) is 24.1. The second-order valence-electron chi connectivity index (χ2n) is 9.15. The van der Waals surface area contributed by atoms with Gasteiger partial charge in [-0.15, -0.1) is 0 Å². The lowest BCUT2D eigenvalue weighted by Gasteiger charge is -2.42. The molecule has 0 spiro atoms. The molecule has 1 aromatic carbocycles. The monoisotopic (exact) mass is 470 g/mol. The Morgan fingerprint density at radius 3 is 2.56 bits per heavy atom.